The van der Waals surface area contributed by atoms with E-state index < -0.39 is 0 Å². The van der Waals surface area contributed by atoms with Crippen molar-refractivity contribution in [2.75, 3.05) is 0 Å². The molecule has 0 aliphatic carbocycles. The van der Waals surface area contributed by atoms with Crippen molar-refractivity contribution < 1.29 is 4.39 Å². The molecule has 3 nitrogen and oxygen atoms in total. The number of para-hydroxylation sites is 1. The molecule has 0 saturated heterocycles. The molecular formula is C9H8FN3. The van der Waals surface area contributed by atoms with Crippen LogP contribution in [-0.2, 0) is 0 Å². The van der Waals surface area contributed by atoms with Gasteiger partial charge in [0.05, 0.1) is 5.69 Å². The van der Waals surface area contributed by atoms with Gasteiger partial charge in [0, 0.05) is 0 Å². The highest BCUT2D eigenvalue weighted by Crippen LogP contribution is 2.12. The lowest BCUT2D eigenvalue weighted by molar-refractivity contribution is 0.616. The lowest BCUT2D eigenvalue weighted by Gasteiger charge is -2.03. The summed E-state index contributed by atoms with van der Waals surface area (Å²) in [6.07, 6.45) is 1.49. The number of rotatable bonds is 1. The second kappa shape index (κ2) is 2.97. The summed E-state index contributed by atoms with van der Waals surface area (Å²) in [5, 5.41) is 7.47. The minimum absolute atomic E-state index is 0.273. The smallest absolute Gasteiger partial charge is 0.147 e. The molecule has 0 fully saturated rings. The molecule has 0 aliphatic rings. The Morgan fingerprint density at radius 2 is 2.08 bits per heavy atom. The van der Waals surface area contributed by atoms with Crippen molar-refractivity contribution in [3.05, 3.63) is 42.2 Å². The van der Waals surface area contributed by atoms with Crippen LogP contribution in [0.2, 0.25) is 0 Å². The van der Waals surface area contributed by atoms with Crippen LogP contribution in [0.5, 0.6) is 0 Å². The van der Waals surface area contributed by atoms with Crippen molar-refractivity contribution in [1.29, 1.82) is 0 Å². The van der Waals surface area contributed by atoms with Gasteiger partial charge in [-0.05, 0) is 19.1 Å². The van der Waals surface area contributed by atoms with E-state index in [2.05, 4.69) is 10.2 Å². The maximum Gasteiger partial charge on any atom is 0.147 e. The standard InChI is InChI=1S/C9H8FN3/c1-7-12-11-6-13(7)9-5-3-2-4-8(9)10/h2-6H,1H3. The van der Waals surface area contributed by atoms with Crippen LogP contribution in [0.4, 0.5) is 4.39 Å². The molecule has 0 radical (unpaired) electrons. The first-order valence-corrected chi connectivity index (χ1v) is 3.90. The van der Waals surface area contributed by atoms with E-state index in [-0.39, 0.29) is 5.82 Å². The van der Waals surface area contributed by atoms with Gasteiger partial charge in [0.1, 0.15) is 18.0 Å². The van der Waals surface area contributed by atoms with E-state index in [1.165, 1.54) is 12.4 Å². The van der Waals surface area contributed by atoms with Crippen molar-refractivity contribution >= 4 is 0 Å². The van der Waals surface area contributed by atoms with Gasteiger partial charge in [-0.15, -0.1) is 10.2 Å². The Kier molecular flexibility index (Phi) is 1.81. The lowest BCUT2D eigenvalue weighted by atomic mass is 10.3. The molecule has 2 rings (SSSR count). The highest BCUT2D eigenvalue weighted by atomic mass is 19.1. The first kappa shape index (κ1) is 7.91. The van der Waals surface area contributed by atoms with Crippen LogP contribution in [0.25, 0.3) is 5.69 Å². The molecular weight excluding hydrogens is 169 g/mol. The topological polar surface area (TPSA) is 30.7 Å². The van der Waals surface area contributed by atoms with Crippen LogP contribution in [0, 0.1) is 12.7 Å². The van der Waals surface area contributed by atoms with Crippen LogP contribution >= 0.6 is 0 Å². The Labute approximate surface area is 74.8 Å². The van der Waals surface area contributed by atoms with Gasteiger partial charge in [-0.3, -0.25) is 4.57 Å². The van der Waals surface area contributed by atoms with E-state index >= 15 is 0 Å². The number of benzene rings is 1. The maximum absolute atomic E-state index is 13.3. The van der Waals surface area contributed by atoms with Crippen molar-refractivity contribution in [2.45, 2.75) is 6.92 Å². The van der Waals surface area contributed by atoms with Gasteiger partial charge in [-0.2, -0.15) is 0 Å². The van der Waals surface area contributed by atoms with Crippen molar-refractivity contribution in [1.82, 2.24) is 14.8 Å². The Hall–Kier alpha value is -1.71. The first-order chi connectivity index (χ1) is 6.29. The average Bonchev–Trinajstić information content (AvgIpc) is 2.52. The molecule has 0 atom stereocenters. The Morgan fingerprint density at radius 1 is 1.31 bits per heavy atom. The highest BCUT2D eigenvalue weighted by molar-refractivity contribution is 5.33. The SMILES string of the molecule is Cc1nncn1-c1ccccc1F. The van der Waals surface area contributed by atoms with Crippen LogP contribution in [0.3, 0.4) is 0 Å². The molecule has 0 amide bonds. The van der Waals surface area contributed by atoms with Crippen LogP contribution < -0.4 is 0 Å². The molecule has 66 valence electrons. The fourth-order valence-corrected chi connectivity index (χ4v) is 1.18. The average molecular weight is 177 g/mol. The number of nitrogens with zero attached hydrogens (tertiary/aromatic N) is 3. The number of halogens is 1. The number of hydrogen-bond acceptors (Lipinski definition) is 2. The summed E-state index contributed by atoms with van der Waals surface area (Å²) >= 11 is 0. The third kappa shape index (κ3) is 1.30. The molecule has 0 N–H and O–H groups in total. The molecule has 0 spiro atoms. The first-order valence-electron chi connectivity index (χ1n) is 3.90. The second-order valence-electron chi connectivity index (χ2n) is 2.70. The third-order valence-corrected chi connectivity index (χ3v) is 1.83. The van der Waals surface area contributed by atoms with Crippen molar-refractivity contribution in [3.8, 4) is 5.69 Å². The van der Waals surface area contributed by atoms with Gasteiger partial charge in [0.25, 0.3) is 0 Å². The Morgan fingerprint density at radius 3 is 2.69 bits per heavy atom. The summed E-state index contributed by atoms with van der Waals surface area (Å²) in [6, 6.07) is 6.52. The zero-order valence-electron chi connectivity index (χ0n) is 7.11. The van der Waals surface area contributed by atoms with Gasteiger partial charge in [0.15, 0.2) is 0 Å². The quantitative estimate of drug-likeness (QED) is 0.664. The van der Waals surface area contributed by atoms with Crippen molar-refractivity contribution in [2.24, 2.45) is 0 Å². The maximum atomic E-state index is 13.3. The normalized spacial score (nSPS) is 10.3. The number of aryl methyl sites for hydroxylation is 1. The van der Waals surface area contributed by atoms with E-state index in [1.807, 2.05) is 0 Å². The van der Waals surface area contributed by atoms with Gasteiger partial charge < -0.3 is 0 Å². The zero-order chi connectivity index (χ0) is 9.26. The summed E-state index contributed by atoms with van der Waals surface area (Å²) < 4.78 is 14.9. The van der Waals surface area contributed by atoms with Crippen LogP contribution in [0.1, 0.15) is 5.82 Å². The third-order valence-electron chi connectivity index (χ3n) is 1.83. The van der Waals surface area contributed by atoms with Crippen LogP contribution in [-0.4, -0.2) is 14.8 Å². The highest BCUT2D eigenvalue weighted by Gasteiger charge is 2.05. The summed E-state index contributed by atoms with van der Waals surface area (Å²) in [7, 11) is 0. The van der Waals surface area contributed by atoms with E-state index in [0.717, 1.165) is 0 Å². The molecule has 0 saturated carbocycles. The molecule has 1 heterocycles. The summed E-state index contributed by atoms with van der Waals surface area (Å²) in [5.41, 5.74) is 0.477. The minimum atomic E-state index is -0.273. The Balaban J connectivity index is 2.59. The Bertz CT molecular complexity index is 422. The second-order valence-corrected chi connectivity index (χ2v) is 2.70. The van der Waals surface area contributed by atoms with E-state index in [1.54, 1.807) is 29.7 Å². The van der Waals surface area contributed by atoms with E-state index in [0.29, 0.717) is 11.5 Å². The number of aromatic nitrogens is 3. The fraction of sp³-hybridized carbons (Fsp3) is 0.111. The predicted molar refractivity (Wildman–Crippen MR) is 46.1 cm³/mol. The number of hydrogen-bond donors (Lipinski definition) is 0. The summed E-state index contributed by atoms with van der Waals surface area (Å²) in [5.74, 6) is 0.399. The van der Waals surface area contributed by atoms with E-state index in [4.69, 9.17) is 0 Å². The fourth-order valence-electron chi connectivity index (χ4n) is 1.18. The largest absolute Gasteiger partial charge is 0.283 e. The zero-order valence-corrected chi connectivity index (χ0v) is 7.11. The van der Waals surface area contributed by atoms with Crippen LogP contribution in [0.15, 0.2) is 30.6 Å². The molecule has 0 bridgehead atoms. The predicted octanol–water partition coefficient (Wildman–Crippen LogP) is 1.71. The van der Waals surface area contributed by atoms with Gasteiger partial charge in [-0.25, -0.2) is 4.39 Å². The monoisotopic (exact) mass is 177 g/mol. The minimum Gasteiger partial charge on any atom is -0.283 e. The summed E-state index contributed by atoms with van der Waals surface area (Å²) in [4.78, 5) is 0. The molecule has 13 heavy (non-hydrogen) atoms. The molecule has 0 unspecified atom stereocenters. The van der Waals surface area contributed by atoms with E-state index in [9.17, 15) is 4.39 Å². The molecule has 0 aliphatic heterocycles. The molecule has 4 heteroatoms. The van der Waals surface area contributed by atoms with Gasteiger partial charge in [0.2, 0.25) is 0 Å². The lowest BCUT2D eigenvalue weighted by Crippen LogP contribution is -1.98. The molecule has 2 aromatic rings. The summed E-state index contributed by atoms with van der Waals surface area (Å²) in [6.45, 7) is 1.78. The molecule has 1 aromatic carbocycles. The van der Waals surface area contributed by atoms with Crippen molar-refractivity contribution in [3.63, 3.8) is 0 Å². The molecule has 1 aromatic heterocycles. The van der Waals surface area contributed by atoms with Gasteiger partial charge in [-0.1, -0.05) is 12.1 Å². The van der Waals surface area contributed by atoms with Gasteiger partial charge >= 0.3 is 0 Å².